The third kappa shape index (κ3) is 2.62. The first kappa shape index (κ1) is 16.6. The number of nitrogens with zero attached hydrogens (tertiary/aromatic N) is 2. The minimum absolute atomic E-state index is 0.192. The molecular formula is C18H16N2O5S. The molecule has 0 saturated heterocycles. The number of oxazole rings is 1. The smallest absolute Gasteiger partial charge is 0.420 e. The number of hydrogen-bond acceptors (Lipinski definition) is 6. The number of methoxy groups -OCH3 is 1. The van der Waals surface area contributed by atoms with Gasteiger partial charge in [-0.1, -0.05) is 12.1 Å². The molecule has 0 spiro atoms. The Morgan fingerprint density at radius 1 is 1.31 bits per heavy atom. The quantitative estimate of drug-likeness (QED) is 0.657. The molecule has 2 aromatic heterocycles. The maximum Gasteiger partial charge on any atom is 0.420 e. The lowest BCUT2D eigenvalue weighted by Crippen LogP contribution is -2.45. The van der Waals surface area contributed by atoms with Gasteiger partial charge < -0.3 is 14.1 Å². The van der Waals surface area contributed by atoms with E-state index in [-0.39, 0.29) is 12.5 Å². The van der Waals surface area contributed by atoms with Crippen LogP contribution in [0.15, 0.2) is 44.9 Å². The lowest BCUT2D eigenvalue weighted by atomic mass is 10.00. The van der Waals surface area contributed by atoms with Gasteiger partial charge in [0.1, 0.15) is 6.54 Å². The van der Waals surface area contributed by atoms with Crippen LogP contribution in [0.1, 0.15) is 16.5 Å². The zero-order valence-electron chi connectivity index (χ0n) is 14.0. The molecule has 3 aromatic rings. The van der Waals surface area contributed by atoms with Gasteiger partial charge in [-0.05, 0) is 35.6 Å². The summed E-state index contributed by atoms with van der Waals surface area (Å²) in [6.45, 7) is 0.208. The summed E-state index contributed by atoms with van der Waals surface area (Å²) in [7, 11) is 1.31. The molecule has 1 aromatic carbocycles. The molecule has 1 atom stereocenters. The number of amides is 1. The molecule has 7 nitrogen and oxygen atoms in total. The second-order valence-corrected chi connectivity index (χ2v) is 6.98. The molecule has 26 heavy (non-hydrogen) atoms. The van der Waals surface area contributed by atoms with Crippen LogP contribution in [0.3, 0.4) is 0 Å². The third-order valence-electron chi connectivity index (χ3n) is 4.58. The Balaban J connectivity index is 1.68. The second kappa shape index (κ2) is 6.45. The topological polar surface area (TPSA) is 81.8 Å². The van der Waals surface area contributed by atoms with Crippen LogP contribution in [0.4, 0.5) is 0 Å². The van der Waals surface area contributed by atoms with Crippen molar-refractivity contribution >= 4 is 34.3 Å². The van der Waals surface area contributed by atoms with Crippen LogP contribution in [0.5, 0.6) is 0 Å². The standard InChI is InChI=1S/C18H16N2O5S/c1-24-17(22)16-11-7-9-26-14(11)6-8-19(16)15(21)10-20-12-4-2-3-5-13(12)25-18(20)23/h2-5,7,9,16H,6,8,10H2,1H3. The first-order chi connectivity index (χ1) is 12.6. The Kier molecular flexibility index (Phi) is 4.12. The first-order valence-electron chi connectivity index (χ1n) is 8.12. The van der Waals surface area contributed by atoms with Crippen molar-refractivity contribution in [2.24, 2.45) is 0 Å². The molecule has 1 unspecified atom stereocenters. The molecule has 134 valence electrons. The molecule has 8 heteroatoms. The Bertz CT molecular complexity index is 1050. The number of para-hydroxylation sites is 2. The summed E-state index contributed by atoms with van der Waals surface area (Å²) in [6, 6.07) is 7.99. The maximum atomic E-state index is 12.9. The number of ether oxygens (including phenoxy) is 1. The van der Waals surface area contributed by atoms with Crippen LogP contribution < -0.4 is 5.76 Å². The fraction of sp³-hybridized carbons (Fsp3) is 0.278. The highest BCUT2D eigenvalue weighted by Gasteiger charge is 2.37. The van der Waals surface area contributed by atoms with Crippen molar-refractivity contribution in [3.63, 3.8) is 0 Å². The van der Waals surface area contributed by atoms with Gasteiger partial charge in [-0.25, -0.2) is 9.59 Å². The van der Waals surface area contributed by atoms with Crippen molar-refractivity contribution in [3.05, 3.63) is 56.7 Å². The number of aromatic nitrogens is 1. The van der Waals surface area contributed by atoms with Gasteiger partial charge in [-0.15, -0.1) is 11.3 Å². The number of fused-ring (bicyclic) bond motifs is 2. The number of carbonyl (C=O) groups excluding carboxylic acids is 2. The normalized spacial score (nSPS) is 16.5. The highest BCUT2D eigenvalue weighted by atomic mass is 32.1. The van der Waals surface area contributed by atoms with Crippen LogP contribution in [0.2, 0.25) is 0 Å². The van der Waals surface area contributed by atoms with E-state index >= 15 is 0 Å². The van der Waals surface area contributed by atoms with E-state index in [0.717, 1.165) is 10.4 Å². The molecule has 0 saturated carbocycles. The Labute approximate surface area is 152 Å². The molecule has 0 radical (unpaired) electrons. The Morgan fingerprint density at radius 2 is 2.12 bits per heavy atom. The summed E-state index contributed by atoms with van der Waals surface area (Å²) in [6.07, 6.45) is 0.674. The molecule has 4 rings (SSSR count). The van der Waals surface area contributed by atoms with Gasteiger partial charge >= 0.3 is 11.7 Å². The Hall–Kier alpha value is -2.87. The van der Waals surface area contributed by atoms with Crippen LogP contribution >= 0.6 is 11.3 Å². The average Bonchev–Trinajstić information content (AvgIpc) is 3.24. The monoisotopic (exact) mass is 372 g/mol. The zero-order valence-corrected chi connectivity index (χ0v) is 14.8. The van der Waals surface area contributed by atoms with Crippen molar-refractivity contribution in [2.75, 3.05) is 13.7 Å². The Morgan fingerprint density at radius 3 is 2.92 bits per heavy atom. The molecule has 0 fully saturated rings. The van der Waals surface area contributed by atoms with E-state index in [1.54, 1.807) is 35.6 Å². The van der Waals surface area contributed by atoms with Crippen LogP contribution in [-0.4, -0.2) is 35.0 Å². The molecule has 0 aliphatic carbocycles. The molecule has 1 amide bonds. The maximum absolute atomic E-state index is 12.9. The third-order valence-corrected chi connectivity index (χ3v) is 5.57. The van der Waals surface area contributed by atoms with Crippen molar-refractivity contribution in [1.82, 2.24) is 9.47 Å². The van der Waals surface area contributed by atoms with E-state index in [9.17, 15) is 14.4 Å². The summed E-state index contributed by atoms with van der Waals surface area (Å²) in [5, 5.41) is 1.91. The fourth-order valence-electron chi connectivity index (χ4n) is 3.34. The van der Waals surface area contributed by atoms with E-state index in [1.807, 2.05) is 11.4 Å². The summed E-state index contributed by atoms with van der Waals surface area (Å²) in [5.74, 6) is -1.41. The van der Waals surface area contributed by atoms with Crippen LogP contribution in [0.25, 0.3) is 11.1 Å². The lowest BCUT2D eigenvalue weighted by molar-refractivity contribution is -0.154. The molecule has 3 heterocycles. The number of benzene rings is 1. The lowest BCUT2D eigenvalue weighted by Gasteiger charge is -2.34. The van der Waals surface area contributed by atoms with Crippen LogP contribution in [-0.2, 0) is 27.3 Å². The molecular weight excluding hydrogens is 356 g/mol. The van der Waals surface area contributed by atoms with E-state index in [0.29, 0.717) is 24.1 Å². The molecule has 0 N–H and O–H groups in total. The van der Waals surface area contributed by atoms with Gasteiger partial charge in [0, 0.05) is 11.4 Å². The minimum atomic E-state index is -0.781. The number of thiophene rings is 1. The van der Waals surface area contributed by atoms with Gasteiger partial charge in [-0.3, -0.25) is 9.36 Å². The summed E-state index contributed by atoms with van der Waals surface area (Å²) < 4.78 is 11.4. The fourth-order valence-corrected chi connectivity index (χ4v) is 4.24. The largest absolute Gasteiger partial charge is 0.467 e. The van der Waals surface area contributed by atoms with Gasteiger partial charge in [0.25, 0.3) is 0 Å². The van der Waals surface area contributed by atoms with Crippen molar-refractivity contribution in [2.45, 2.75) is 19.0 Å². The van der Waals surface area contributed by atoms with Crippen molar-refractivity contribution in [3.8, 4) is 0 Å². The predicted octanol–water partition coefficient (Wildman–Crippen LogP) is 1.96. The highest BCUT2D eigenvalue weighted by Crippen LogP contribution is 2.34. The second-order valence-electron chi connectivity index (χ2n) is 5.98. The summed E-state index contributed by atoms with van der Waals surface area (Å²) in [4.78, 5) is 40.0. The van der Waals surface area contributed by atoms with Gasteiger partial charge in [-0.2, -0.15) is 0 Å². The van der Waals surface area contributed by atoms with Gasteiger partial charge in [0.2, 0.25) is 5.91 Å². The van der Waals surface area contributed by atoms with Gasteiger partial charge in [0.05, 0.1) is 12.6 Å². The number of hydrogen-bond donors (Lipinski definition) is 0. The van der Waals surface area contributed by atoms with Crippen LogP contribution in [0, 0.1) is 0 Å². The first-order valence-corrected chi connectivity index (χ1v) is 9.00. The zero-order chi connectivity index (χ0) is 18.3. The summed E-state index contributed by atoms with van der Waals surface area (Å²) >= 11 is 1.56. The van der Waals surface area contributed by atoms with E-state index in [4.69, 9.17) is 9.15 Å². The minimum Gasteiger partial charge on any atom is -0.467 e. The number of carbonyl (C=O) groups is 2. The van der Waals surface area contributed by atoms with Crippen molar-refractivity contribution < 1.29 is 18.7 Å². The number of esters is 1. The SMILES string of the molecule is COC(=O)C1c2ccsc2CCN1C(=O)Cn1c(=O)oc2ccccc21. The van der Waals surface area contributed by atoms with Crippen molar-refractivity contribution in [1.29, 1.82) is 0 Å². The summed E-state index contributed by atoms with van der Waals surface area (Å²) in [5.41, 5.74) is 1.77. The molecule has 1 aliphatic heterocycles. The van der Waals surface area contributed by atoms with E-state index in [2.05, 4.69) is 0 Å². The molecule has 0 bridgehead atoms. The van der Waals surface area contributed by atoms with Gasteiger partial charge in [0.15, 0.2) is 11.6 Å². The predicted molar refractivity (Wildman–Crippen MR) is 95.0 cm³/mol. The molecule has 1 aliphatic rings. The van der Waals surface area contributed by atoms with E-state index < -0.39 is 17.8 Å². The number of rotatable bonds is 3. The highest BCUT2D eigenvalue weighted by molar-refractivity contribution is 7.10. The average molecular weight is 372 g/mol. The van der Waals surface area contributed by atoms with E-state index in [1.165, 1.54) is 16.6 Å².